The number of aromatic nitrogens is 5. The van der Waals surface area contributed by atoms with Crippen LogP contribution < -0.4 is 14.8 Å². The van der Waals surface area contributed by atoms with Crippen molar-refractivity contribution in [3.8, 4) is 28.5 Å². The molecule has 1 aliphatic heterocycles. The molecule has 0 radical (unpaired) electrons. The molecular weight excluding hydrogens is 576 g/mol. The van der Waals surface area contributed by atoms with Crippen LogP contribution in [0.4, 0.5) is 14.5 Å². The van der Waals surface area contributed by atoms with Gasteiger partial charge in [-0.05, 0) is 42.0 Å². The van der Waals surface area contributed by atoms with Crippen molar-refractivity contribution in [2.24, 2.45) is 7.05 Å². The molecule has 12 nitrogen and oxygen atoms in total. The average Bonchev–Trinajstić information content (AvgIpc) is 3.62. The maximum Gasteiger partial charge on any atom is 0.387 e. The summed E-state index contributed by atoms with van der Waals surface area (Å²) < 4.78 is 45.7. The molecule has 226 valence electrons. The van der Waals surface area contributed by atoms with Gasteiger partial charge in [-0.2, -0.15) is 19.0 Å². The highest BCUT2D eigenvalue weighted by atomic mass is 19.3. The number of morpholine rings is 1. The van der Waals surface area contributed by atoms with E-state index in [1.165, 1.54) is 33.6 Å². The van der Waals surface area contributed by atoms with Crippen molar-refractivity contribution in [2.45, 2.75) is 13.0 Å². The van der Waals surface area contributed by atoms with Gasteiger partial charge in [0.15, 0.2) is 5.65 Å². The van der Waals surface area contributed by atoms with Crippen LogP contribution in [-0.4, -0.2) is 74.0 Å². The summed E-state index contributed by atoms with van der Waals surface area (Å²) in [7, 11) is 1.63. The molecule has 2 amide bonds. The Balaban J connectivity index is 1.24. The van der Waals surface area contributed by atoms with Crippen LogP contribution in [0.15, 0.2) is 73.3 Å². The van der Waals surface area contributed by atoms with Crippen molar-refractivity contribution < 1.29 is 32.6 Å². The van der Waals surface area contributed by atoms with Gasteiger partial charge in [-0.15, -0.1) is 0 Å². The van der Waals surface area contributed by atoms with Gasteiger partial charge < -0.3 is 24.4 Å². The molecule has 44 heavy (non-hydrogen) atoms. The van der Waals surface area contributed by atoms with Crippen LogP contribution in [0.1, 0.15) is 15.9 Å². The number of alkyl halides is 2. The highest BCUT2D eigenvalue weighted by Gasteiger charge is 2.22. The molecule has 0 unspecified atom stereocenters. The Morgan fingerprint density at radius 2 is 1.86 bits per heavy atom. The molecule has 0 aliphatic carbocycles. The lowest BCUT2D eigenvalue weighted by molar-refractivity contribution is -0.134. The van der Waals surface area contributed by atoms with Gasteiger partial charge in [-0.25, -0.2) is 9.50 Å². The second-order valence-electron chi connectivity index (χ2n) is 9.92. The molecule has 1 aliphatic rings. The molecule has 14 heteroatoms. The minimum Gasteiger partial charge on any atom is -0.457 e. The van der Waals surface area contributed by atoms with Gasteiger partial charge in [-0.1, -0.05) is 12.1 Å². The third-order valence-electron chi connectivity index (χ3n) is 6.90. The summed E-state index contributed by atoms with van der Waals surface area (Å²) in [6, 6.07) is 13.1. The number of hydrogen-bond donors (Lipinski definition) is 1. The van der Waals surface area contributed by atoms with E-state index >= 15 is 0 Å². The van der Waals surface area contributed by atoms with Gasteiger partial charge in [0.2, 0.25) is 5.91 Å². The van der Waals surface area contributed by atoms with Crippen LogP contribution in [-0.2, 0) is 23.0 Å². The molecule has 0 spiro atoms. The quantitative estimate of drug-likeness (QED) is 0.266. The zero-order valence-electron chi connectivity index (χ0n) is 23.5. The number of halogens is 2. The first-order chi connectivity index (χ1) is 21.3. The monoisotopic (exact) mass is 603 g/mol. The lowest BCUT2D eigenvalue weighted by Gasteiger charge is -2.26. The number of nitrogens with zero attached hydrogens (tertiary/aromatic N) is 6. The zero-order chi connectivity index (χ0) is 30.6. The molecule has 0 saturated carbocycles. The van der Waals surface area contributed by atoms with Crippen molar-refractivity contribution in [3.05, 3.63) is 84.4 Å². The average molecular weight is 604 g/mol. The van der Waals surface area contributed by atoms with E-state index in [1.54, 1.807) is 60.9 Å². The molecule has 1 fully saturated rings. The summed E-state index contributed by atoms with van der Waals surface area (Å²) in [5.74, 6) is 0.141. The maximum absolute atomic E-state index is 13.4. The number of ether oxygens (including phenoxy) is 3. The SMILES string of the molecule is Cn1cc(NC(=O)c2cnn3cccnc23)c(-c2cc(Oc3ccc(CC(=O)N4CCOCC4)cc3)ccc2OC(F)F)n1. The highest BCUT2D eigenvalue weighted by Crippen LogP contribution is 2.38. The number of amides is 2. The number of rotatable bonds is 9. The molecule has 1 saturated heterocycles. The number of fused-ring (bicyclic) bond motifs is 1. The Morgan fingerprint density at radius 3 is 2.64 bits per heavy atom. The van der Waals surface area contributed by atoms with Gasteiger partial charge in [0, 0.05) is 38.7 Å². The topological polar surface area (TPSA) is 125 Å². The van der Waals surface area contributed by atoms with E-state index in [4.69, 9.17) is 14.2 Å². The molecule has 0 bridgehead atoms. The van der Waals surface area contributed by atoms with Crippen molar-refractivity contribution in [1.29, 1.82) is 0 Å². The predicted molar refractivity (Wildman–Crippen MR) is 154 cm³/mol. The number of aryl methyl sites for hydroxylation is 1. The summed E-state index contributed by atoms with van der Waals surface area (Å²) in [5.41, 5.74) is 2.00. The smallest absolute Gasteiger partial charge is 0.387 e. The van der Waals surface area contributed by atoms with E-state index in [2.05, 4.69) is 20.5 Å². The Morgan fingerprint density at radius 1 is 1.09 bits per heavy atom. The minimum atomic E-state index is -3.10. The minimum absolute atomic E-state index is 0.0253. The van der Waals surface area contributed by atoms with Crippen LogP contribution in [0.3, 0.4) is 0 Å². The third kappa shape index (κ3) is 6.34. The van der Waals surface area contributed by atoms with Crippen molar-refractivity contribution in [1.82, 2.24) is 29.3 Å². The third-order valence-corrected chi connectivity index (χ3v) is 6.90. The molecule has 2 aromatic carbocycles. The predicted octanol–water partition coefficient (Wildman–Crippen LogP) is 4.18. The van der Waals surface area contributed by atoms with Crippen LogP contribution >= 0.6 is 0 Å². The van der Waals surface area contributed by atoms with Crippen LogP contribution in [0.2, 0.25) is 0 Å². The normalized spacial score (nSPS) is 13.3. The Hall–Kier alpha value is -5.37. The Labute approximate surface area is 249 Å². The fraction of sp³-hybridized carbons (Fsp3) is 0.233. The van der Waals surface area contributed by atoms with E-state index in [0.717, 1.165) is 5.56 Å². The molecule has 3 aromatic heterocycles. The van der Waals surface area contributed by atoms with Gasteiger partial charge in [-0.3, -0.25) is 14.3 Å². The first kappa shape index (κ1) is 28.7. The first-order valence-electron chi connectivity index (χ1n) is 13.7. The van der Waals surface area contributed by atoms with E-state index in [9.17, 15) is 18.4 Å². The van der Waals surface area contributed by atoms with Crippen LogP contribution in [0.5, 0.6) is 17.2 Å². The van der Waals surface area contributed by atoms with Crippen LogP contribution in [0.25, 0.3) is 16.9 Å². The molecular formula is C30H27F2N7O5. The first-order valence-corrected chi connectivity index (χ1v) is 13.7. The summed E-state index contributed by atoms with van der Waals surface area (Å²) in [6.45, 7) is -0.874. The number of carbonyl (C=O) groups is 2. The van der Waals surface area contributed by atoms with Gasteiger partial charge >= 0.3 is 6.61 Å². The molecule has 0 atom stereocenters. The van der Waals surface area contributed by atoms with Gasteiger partial charge in [0.05, 0.1) is 37.1 Å². The van der Waals surface area contributed by atoms with E-state index in [-0.39, 0.29) is 40.6 Å². The Kier molecular flexibility index (Phi) is 8.14. The number of anilines is 1. The number of benzene rings is 2. The summed E-state index contributed by atoms with van der Waals surface area (Å²) >= 11 is 0. The van der Waals surface area contributed by atoms with E-state index < -0.39 is 12.5 Å². The second-order valence-corrected chi connectivity index (χ2v) is 9.92. The maximum atomic E-state index is 13.4. The summed E-state index contributed by atoms with van der Waals surface area (Å²) in [4.78, 5) is 31.8. The fourth-order valence-electron chi connectivity index (χ4n) is 4.82. The van der Waals surface area contributed by atoms with Crippen molar-refractivity contribution in [2.75, 3.05) is 31.6 Å². The molecule has 1 N–H and O–H groups in total. The van der Waals surface area contributed by atoms with Gasteiger partial charge in [0.25, 0.3) is 5.91 Å². The largest absolute Gasteiger partial charge is 0.457 e. The number of hydrogen-bond acceptors (Lipinski definition) is 8. The van der Waals surface area contributed by atoms with Gasteiger partial charge in [0.1, 0.15) is 28.5 Å². The summed E-state index contributed by atoms with van der Waals surface area (Å²) in [5, 5.41) is 11.3. The molecule has 6 rings (SSSR count). The van der Waals surface area contributed by atoms with Crippen molar-refractivity contribution >= 4 is 23.1 Å². The van der Waals surface area contributed by atoms with E-state index in [0.29, 0.717) is 43.4 Å². The fourth-order valence-corrected chi connectivity index (χ4v) is 4.82. The lowest BCUT2D eigenvalue weighted by Crippen LogP contribution is -2.41. The molecule has 5 aromatic rings. The standard InChI is InChI=1S/C30H27F2N7O5/c1-37-18-24(35-29(41)23-17-34-39-10-2-9-33-28(23)39)27(36-37)22-16-21(7-8-25(22)44-30(31)32)43-20-5-3-19(4-6-20)15-26(40)38-11-13-42-14-12-38/h2-10,16-18,30H,11-15H2,1H3,(H,35,41). The van der Waals surface area contributed by atoms with E-state index in [1.807, 2.05) is 0 Å². The number of carbonyl (C=O) groups excluding carboxylic acids is 2. The number of nitrogens with one attached hydrogen (secondary N) is 1. The molecule has 4 heterocycles. The van der Waals surface area contributed by atoms with Crippen molar-refractivity contribution in [3.63, 3.8) is 0 Å². The lowest BCUT2D eigenvalue weighted by atomic mass is 10.1. The highest BCUT2D eigenvalue weighted by molar-refractivity contribution is 6.09. The van der Waals surface area contributed by atoms with Crippen LogP contribution in [0, 0.1) is 0 Å². The zero-order valence-corrected chi connectivity index (χ0v) is 23.5. The second kappa shape index (κ2) is 12.5. The Bertz CT molecular complexity index is 1800. The summed E-state index contributed by atoms with van der Waals surface area (Å²) in [6.07, 6.45) is 6.39.